The molecule has 33 heavy (non-hydrogen) atoms. The number of oxime groups is 1. The number of nitro groups is 1. The molecule has 4 rings (SSSR count). The Morgan fingerprint density at radius 2 is 1.70 bits per heavy atom. The Balaban J connectivity index is 1.56. The number of fused-ring (bicyclic) bond motifs is 2. The van der Waals surface area contributed by atoms with Gasteiger partial charge in [-0.3, -0.25) is 14.9 Å². The summed E-state index contributed by atoms with van der Waals surface area (Å²) in [6, 6.07) is 12.6. The van der Waals surface area contributed by atoms with Crippen LogP contribution in [0.2, 0.25) is 0 Å². The number of hydrogen-bond acceptors (Lipinski definition) is 6. The number of anilines is 1. The van der Waals surface area contributed by atoms with Gasteiger partial charge in [-0.1, -0.05) is 41.9 Å². The molecule has 0 aliphatic heterocycles. The molecule has 172 valence electrons. The van der Waals surface area contributed by atoms with Gasteiger partial charge in [-0.25, -0.2) is 4.79 Å². The summed E-state index contributed by atoms with van der Waals surface area (Å²) < 4.78 is 0.855. The zero-order valence-electron chi connectivity index (χ0n) is 18.6. The van der Waals surface area contributed by atoms with Crippen molar-refractivity contribution < 1.29 is 19.3 Å². The van der Waals surface area contributed by atoms with Gasteiger partial charge in [0.25, 0.3) is 5.69 Å². The van der Waals surface area contributed by atoms with Crippen LogP contribution >= 0.6 is 15.9 Å². The van der Waals surface area contributed by atoms with Crippen molar-refractivity contribution >= 4 is 44.9 Å². The molecule has 8 nitrogen and oxygen atoms in total. The lowest BCUT2D eigenvalue weighted by Gasteiger charge is -2.39. The van der Waals surface area contributed by atoms with Crippen molar-refractivity contribution in [2.45, 2.75) is 40.0 Å². The van der Waals surface area contributed by atoms with Gasteiger partial charge >= 0.3 is 5.97 Å². The summed E-state index contributed by atoms with van der Waals surface area (Å²) in [5, 5.41) is 18.1. The third kappa shape index (κ3) is 3.64. The normalized spacial score (nSPS) is 26.2. The van der Waals surface area contributed by atoms with E-state index in [0.717, 1.165) is 10.9 Å². The first-order valence-corrected chi connectivity index (χ1v) is 11.4. The average Bonchev–Trinajstić information content (AvgIpc) is 3.09. The predicted molar refractivity (Wildman–Crippen MR) is 127 cm³/mol. The van der Waals surface area contributed by atoms with E-state index in [9.17, 15) is 19.7 Å². The molecule has 0 spiro atoms. The van der Waals surface area contributed by atoms with Crippen LogP contribution in [-0.4, -0.2) is 22.5 Å². The monoisotopic (exact) mass is 513 g/mol. The van der Waals surface area contributed by atoms with Gasteiger partial charge in [0.15, 0.2) is 0 Å². The highest BCUT2D eigenvalue weighted by Gasteiger charge is 2.71. The fourth-order valence-corrected chi connectivity index (χ4v) is 5.44. The molecule has 2 aromatic carbocycles. The number of nitrogens with one attached hydrogen (secondary N) is 1. The standard InChI is InChI=1S/C24H24BrN3O5/c1-22(2)23(3)12-13-24(22,21(30)26-17-8-10-18(11-9-17)28(31)32)14-19(23)27-33-20(29)15-4-6-16(25)7-5-15/h4-11H,12-14H2,1-3H3,(H,26,30). The summed E-state index contributed by atoms with van der Waals surface area (Å²) in [5.41, 5.74) is -0.0251. The Morgan fingerprint density at radius 3 is 2.30 bits per heavy atom. The van der Waals surface area contributed by atoms with E-state index in [2.05, 4.69) is 47.2 Å². The van der Waals surface area contributed by atoms with Crippen LogP contribution in [0.5, 0.6) is 0 Å². The lowest BCUT2D eigenvalue weighted by atomic mass is 9.64. The lowest BCUT2D eigenvalue weighted by Crippen LogP contribution is -2.43. The summed E-state index contributed by atoms with van der Waals surface area (Å²) in [4.78, 5) is 41.6. The van der Waals surface area contributed by atoms with Crippen LogP contribution in [0.15, 0.2) is 58.2 Å². The van der Waals surface area contributed by atoms with Gasteiger partial charge in [0, 0.05) is 34.1 Å². The molecular weight excluding hydrogens is 490 g/mol. The number of nitro benzene ring substituents is 1. The van der Waals surface area contributed by atoms with Crippen LogP contribution < -0.4 is 5.32 Å². The average molecular weight is 514 g/mol. The second-order valence-electron chi connectivity index (χ2n) is 9.40. The SMILES string of the molecule is CC12CCC(C(=O)Nc3ccc([N+](=O)[O-])cc3)(CC1=NOC(=O)c1ccc(Br)cc1)C2(C)C. The molecule has 0 aromatic heterocycles. The van der Waals surface area contributed by atoms with Gasteiger partial charge in [0.2, 0.25) is 5.91 Å². The fraction of sp³-hybridized carbons (Fsp3) is 0.375. The van der Waals surface area contributed by atoms with Crippen LogP contribution in [0.1, 0.15) is 50.4 Å². The smallest absolute Gasteiger partial charge is 0.326 e. The molecule has 1 N–H and O–H groups in total. The van der Waals surface area contributed by atoms with Gasteiger partial charge in [-0.15, -0.1) is 0 Å². The summed E-state index contributed by atoms with van der Waals surface area (Å²) in [7, 11) is 0. The molecule has 2 unspecified atom stereocenters. The summed E-state index contributed by atoms with van der Waals surface area (Å²) in [6.45, 7) is 6.16. The number of rotatable bonds is 5. The summed E-state index contributed by atoms with van der Waals surface area (Å²) in [5.74, 6) is -0.710. The number of benzene rings is 2. The maximum Gasteiger partial charge on any atom is 0.365 e. The maximum atomic E-state index is 13.5. The minimum absolute atomic E-state index is 0.0391. The van der Waals surface area contributed by atoms with Crippen molar-refractivity contribution in [3.05, 3.63) is 68.7 Å². The highest BCUT2D eigenvalue weighted by molar-refractivity contribution is 9.10. The molecule has 2 saturated carbocycles. The Morgan fingerprint density at radius 1 is 1.06 bits per heavy atom. The molecule has 0 radical (unpaired) electrons. The van der Waals surface area contributed by atoms with Crippen molar-refractivity contribution in [2.75, 3.05) is 5.32 Å². The van der Waals surface area contributed by atoms with E-state index in [1.165, 1.54) is 24.3 Å². The molecule has 0 heterocycles. The topological polar surface area (TPSA) is 111 Å². The molecule has 2 aromatic rings. The quantitative estimate of drug-likeness (QED) is 0.312. The lowest BCUT2D eigenvalue weighted by molar-refractivity contribution is -0.384. The Bertz CT molecular complexity index is 1160. The molecule has 2 fully saturated rings. The first-order valence-electron chi connectivity index (χ1n) is 10.6. The minimum Gasteiger partial charge on any atom is -0.326 e. The Kier molecular flexibility index (Phi) is 5.64. The number of halogens is 1. The predicted octanol–water partition coefficient (Wildman–Crippen LogP) is 5.73. The van der Waals surface area contributed by atoms with Crippen LogP contribution in [0.25, 0.3) is 0 Å². The third-order valence-electron chi connectivity index (χ3n) is 7.82. The first-order chi connectivity index (χ1) is 15.5. The van der Waals surface area contributed by atoms with E-state index in [1.807, 2.05) is 0 Å². The number of hydrogen-bond donors (Lipinski definition) is 1. The molecular formula is C24H24BrN3O5. The minimum atomic E-state index is -0.730. The summed E-state index contributed by atoms with van der Waals surface area (Å²) in [6.07, 6.45) is 1.79. The van der Waals surface area contributed by atoms with Crippen LogP contribution in [-0.2, 0) is 9.63 Å². The third-order valence-corrected chi connectivity index (χ3v) is 8.35. The van der Waals surface area contributed by atoms with Gasteiger partial charge in [0.1, 0.15) is 0 Å². The van der Waals surface area contributed by atoms with E-state index in [-0.39, 0.29) is 11.6 Å². The fourth-order valence-electron chi connectivity index (χ4n) is 5.17. The highest BCUT2D eigenvalue weighted by atomic mass is 79.9. The van der Waals surface area contributed by atoms with E-state index in [1.54, 1.807) is 24.3 Å². The number of carbonyl (C=O) groups excluding carboxylic acids is 2. The van der Waals surface area contributed by atoms with Crippen LogP contribution in [0, 0.1) is 26.4 Å². The zero-order chi connectivity index (χ0) is 24.0. The van der Waals surface area contributed by atoms with E-state index >= 15 is 0 Å². The first kappa shape index (κ1) is 23.1. The van der Waals surface area contributed by atoms with Crippen LogP contribution in [0.4, 0.5) is 11.4 Å². The molecule has 2 atom stereocenters. The molecule has 9 heteroatoms. The van der Waals surface area contributed by atoms with Crippen molar-refractivity contribution in [1.29, 1.82) is 0 Å². The van der Waals surface area contributed by atoms with Gasteiger partial charge < -0.3 is 10.2 Å². The molecule has 2 bridgehead atoms. The maximum absolute atomic E-state index is 13.5. The summed E-state index contributed by atoms with van der Waals surface area (Å²) >= 11 is 3.33. The molecule has 2 aliphatic carbocycles. The molecule has 1 amide bonds. The van der Waals surface area contributed by atoms with Crippen molar-refractivity contribution in [2.24, 2.45) is 21.4 Å². The largest absolute Gasteiger partial charge is 0.365 e. The van der Waals surface area contributed by atoms with Crippen molar-refractivity contribution in [1.82, 2.24) is 0 Å². The molecule has 0 saturated heterocycles. The van der Waals surface area contributed by atoms with E-state index in [4.69, 9.17) is 4.84 Å². The van der Waals surface area contributed by atoms with Gasteiger partial charge in [-0.2, -0.15) is 0 Å². The Labute approximate surface area is 199 Å². The number of carbonyl (C=O) groups is 2. The van der Waals surface area contributed by atoms with Crippen molar-refractivity contribution in [3.63, 3.8) is 0 Å². The van der Waals surface area contributed by atoms with Gasteiger partial charge in [0.05, 0.1) is 21.6 Å². The van der Waals surface area contributed by atoms with Crippen LogP contribution in [0.3, 0.4) is 0 Å². The second-order valence-corrected chi connectivity index (χ2v) is 10.3. The second kappa shape index (κ2) is 8.06. The van der Waals surface area contributed by atoms with Crippen molar-refractivity contribution in [3.8, 4) is 0 Å². The zero-order valence-corrected chi connectivity index (χ0v) is 20.1. The van der Waals surface area contributed by atoms with E-state index in [0.29, 0.717) is 29.8 Å². The Hall–Kier alpha value is -3.07. The molecule has 2 aliphatic rings. The number of nitrogens with zero attached hydrogens (tertiary/aromatic N) is 2. The van der Waals surface area contributed by atoms with Gasteiger partial charge in [-0.05, 0) is 54.7 Å². The highest BCUT2D eigenvalue weighted by Crippen LogP contribution is 2.71. The number of non-ortho nitro benzene ring substituents is 1. The van der Waals surface area contributed by atoms with E-state index < -0.39 is 27.1 Å². The number of amides is 1.